The number of rotatable bonds is 9. The van der Waals surface area contributed by atoms with Crippen LogP contribution < -0.4 is 25.4 Å². The van der Waals surface area contributed by atoms with Crippen LogP contribution in [0.25, 0.3) is 0 Å². The third kappa shape index (κ3) is 13.7. The lowest BCUT2D eigenvalue weighted by Gasteiger charge is -2.42. The van der Waals surface area contributed by atoms with Crippen molar-refractivity contribution in [2.24, 2.45) is 0 Å². The number of benzene rings is 2. The zero-order valence-corrected chi connectivity index (χ0v) is 33.8. The van der Waals surface area contributed by atoms with E-state index in [9.17, 15) is 34.6 Å². The Bertz CT molecular complexity index is 1670. The minimum absolute atomic E-state index is 0.0311. The molecule has 0 spiro atoms. The van der Waals surface area contributed by atoms with E-state index in [-0.39, 0.29) is 64.8 Å². The summed E-state index contributed by atoms with van der Waals surface area (Å²) in [5, 5.41) is 31.0. The van der Waals surface area contributed by atoms with E-state index < -0.39 is 9.85 Å². The monoisotopic (exact) mass is 798 g/mol. The second-order valence-corrected chi connectivity index (χ2v) is 15.2. The van der Waals surface area contributed by atoms with E-state index in [1.54, 1.807) is 0 Å². The summed E-state index contributed by atoms with van der Waals surface area (Å²) in [5.74, 6) is -0.172. The predicted molar refractivity (Wildman–Crippen MR) is 212 cm³/mol. The van der Waals surface area contributed by atoms with Crippen molar-refractivity contribution in [1.82, 2.24) is 20.9 Å². The predicted octanol–water partition coefficient (Wildman–Crippen LogP) is 4.98. The molecular formula is C40H58N6O11. The van der Waals surface area contributed by atoms with Crippen molar-refractivity contribution in [1.29, 1.82) is 0 Å². The highest BCUT2D eigenvalue weighted by molar-refractivity contribution is 5.96. The molecule has 6 rings (SSSR count). The van der Waals surface area contributed by atoms with Crippen LogP contribution in [0.3, 0.4) is 0 Å². The number of carbonyl (C=O) groups is 3. The first-order valence-corrected chi connectivity index (χ1v) is 19.7. The lowest BCUT2D eigenvalue weighted by Crippen LogP contribution is -2.52. The van der Waals surface area contributed by atoms with E-state index in [1.165, 1.54) is 50.6 Å². The number of Topliss-reactive ketones (excluding diaryl/α,β-unsaturated/α-hetero) is 1. The Balaban J connectivity index is 0.000000217. The maximum absolute atomic E-state index is 12.6. The molecule has 17 heteroatoms. The van der Waals surface area contributed by atoms with Gasteiger partial charge in [-0.25, -0.2) is 0 Å². The molecule has 2 amide bonds. The van der Waals surface area contributed by atoms with Gasteiger partial charge in [-0.15, -0.1) is 0 Å². The average molecular weight is 799 g/mol. The van der Waals surface area contributed by atoms with Crippen LogP contribution in [0, 0.1) is 20.2 Å². The number of morpholine rings is 2. The first-order chi connectivity index (χ1) is 27.2. The molecule has 2 saturated heterocycles. The maximum Gasteiger partial charge on any atom is 0.310 e. The first kappa shape index (κ1) is 45.0. The van der Waals surface area contributed by atoms with Crippen molar-refractivity contribution in [3.8, 4) is 11.5 Å². The molecule has 2 aliphatic heterocycles. The van der Waals surface area contributed by atoms with E-state index >= 15 is 0 Å². The molecule has 0 unspecified atom stereocenters. The molecule has 2 aromatic carbocycles. The van der Waals surface area contributed by atoms with E-state index in [0.717, 1.165) is 51.9 Å². The highest BCUT2D eigenvalue weighted by Crippen LogP contribution is 2.30. The largest absolute Gasteiger partial charge is 0.490 e. The molecule has 0 radical (unpaired) electrons. The van der Waals surface area contributed by atoms with E-state index in [4.69, 9.17) is 18.9 Å². The summed E-state index contributed by atoms with van der Waals surface area (Å²) in [5.41, 5.74) is 0.348. The van der Waals surface area contributed by atoms with Crippen molar-refractivity contribution in [3.05, 3.63) is 67.8 Å². The van der Waals surface area contributed by atoms with Crippen molar-refractivity contribution in [3.63, 3.8) is 0 Å². The highest BCUT2D eigenvalue weighted by Gasteiger charge is 2.32. The summed E-state index contributed by atoms with van der Waals surface area (Å²) in [6.45, 7) is 12.4. The van der Waals surface area contributed by atoms with Crippen LogP contribution in [-0.2, 0) is 14.3 Å². The number of ether oxygens (including phenoxy) is 4. The Morgan fingerprint density at radius 1 is 0.702 bits per heavy atom. The summed E-state index contributed by atoms with van der Waals surface area (Å²) in [7, 11) is 2.68. The Morgan fingerprint density at radius 3 is 1.51 bits per heavy atom. The maximum atomic E-state index is 12.6. The number of nitrogens with zero attached hydrogens (tertiary/aromatic N) is 3. The van der Waals surface area contributed by atoms with Crippen LogP contribution >= 0.6 is 0 Å². The number of carbonyl (C=O) groups excluding carboxylic acids is 3. The van der Waals surface area contributed by atoms with Crippen LogP contribution in [0.5, 0.6) is 11.5 Å². The number of ketones is 1. The zero-order valence-electron chi connectivity index (χ0n) is 33.8. The molecule has 57 heavy (non-hydrogen) atoms. The Morgan fingerprint density at radius 2 is 1.12 bits per heavy atom. The van der Waals surface area contributed by atoms with Gasteiger partial charge >= 0.3 is 11.4 Å². The minimum Gasteiger partial charge on any atom is -0.490 e. The van der Waals surface area contributed by atoms with E-state index in [2.05, 4.69) is 48.5 Å². The molecular weight excluding hydrogens is 740 g/mol. The number of nitro benzene ring substituents is 2. The molecule has 4 atom stereocenters. The van der Waals surface area contributed by atoms with Gasteiger partial charge in [0.1, 0.15) is 5.78 Å². The van der Waals surface area contributed by atoms with Crippen molar-refractivity contribution in [2.45, 2.75) is 122 Å². The van der Waals surface area contributed by atoms with Crippen LogP contribution in [0.1, 0.15) is 99.8 Å². The van der Waals surface area contributed by atoms with Gasteiger partial charge in [-0.05, 0) is 78.4 Å². The number of nitro groups is 2. The molecule has 4 fully saturated rings. The van der Waals surface area contributed by atoms with Crippen LogP contribution in [0.15, 0.2) is 36.4 Å². The molecule has 3 N–H and O–H groups in total. The summed E-state index contributed by atoms with van der Waals surface area (Å²) in [6, 6.07) is 8.83. The van der Waals surface area contributed by atoms with Gasteiger partial charge in [-0.1, -0.05) is 0 Å². The highest BCUT2D eigenvalue weighted by atomic mass is 16.6. The number of hydrogen-bond acceptors (Lipinski definition) is 13. The molecule has 314 valence electrons. The molecule has 0 bridgehead atoms. The second-order valence-electron chi connectivity index (χ2n) is 15.2. The van der Waals surface area contributed by atoms with Crippen LogP contribution in [0.4, 0.5) is 11.4 Å². The Labute approximate surface area is 333 Å². The molecule has 0 aromatic heterocycles. The summed E-state index contributed by atoms with van der Waals surface area (Å²) in [4.78, 5) is 59.1. The lowest BCUT2D eigenvalue weighted by atomic mass is 9.89. The normalized spacial score (nSPS) is 25.3. The van der Waals surface area contributed by atoms with E-state index in [1.807, 2.05) is 0 Å². The average Bonchev–Trinajstić information content (AvgIpc) is 3.18. The molecule has 17 nitrogen and oxygen atoms in total. The zero-order chi connectivity index (χ0) is 41.6. The molecule has 2 heterocycles. The Hall–Kier alpha value is -4.71. The number of nitrogens with one attached hydrogen (secondary N) is 3. The smallest absolute Gasteiger partial charge is 0.310 e. The Kier molecular flexibility index (Phi) is 17.1. The number of amides is 2. The molecule has 4 aliphatic rings. The van der Waals surface area contributed by atoms with Gasteiger partial charge in [0.25, 0.3) is 11.8 Å². The van der Waals surface area contributed by atoms with Crippen molar-refractivity contribution >= 4 is 29.0 Å². The fourth-order valence-electron chi connectivity index (χ4n) is 7.64. The minimum atomic E-state index is -0.562. The summed E-state index contributed by atoms with van der Waals surface area (Å²) >= 11 is 0. The van der Waals surface area contributed by atoms with E-state index in [0.29, 0.717) is 55.1 Å². The fraction of sp³-hybridized carbons (Fsp3) is 0.625. The first-order valence-electron chi connectivity index (χ1n) is 19.7. The molecule has 2 aromatic rings. The lowest BCUT2D eigenvalue weighted by molar-refractivity contribution is -0.385. The third-order valence-electron chi connectivity index (χ3n) is 10.5. The summed E-state index contributed by atoms with van der Waals surface area (Å²) in [6.07, 6.45) is 7.52. The quantitative estimate of drug-likeness (QED) is 0.226. The SMILES string of the molecule is COc1cc(C(=O)NC2CCC(=O)CC2)ccc1[N+](=O)[O-].COc1cc(C(=O)NC2CCC(N3C[C@@H](C)O[C@@H](C)C3)CC2)ccc1[N+](=O)[O-].C[C@@H]1CNC[C@H](C)O1. The van der Waals surface area contributed by atoms with Gasteiger partial charge in [0.05, 0.1) is 48.5 Å². The standard InChI is InChI=1S/C20H29N3O5.C14H16N2O5.C6H13NO/c1-13-11-22(12-14(2)28-13)17-7-5-16(6-8-17)21-20(24)15-4-9-18(23(25)26)19(10-15)27-3;1-21-13-8-9(2-7-12(13)16(19)20)14(18)15-10-3-5-11(17)6-4-10;1-5-3-7-4-6(2)8-5/h4,9-10,13-14,16-17H,5-8,11-12H2,1-3H3,(H,21,24);2,7-8,10H,3-6H2,1H3,(H,15,18);5-7H,3-4H2,1-2H3/t13-,14+,16?,17?;;5-,6+. The van der Waals surface area contributed by atoms with Crippen LogP contribution in [0.2, 0.25) is 0 Å². The van der Waals surface area contributed by atoms with Gasteiger partial charge in [-0.3, -0.25) is 39.5 Å². The number of methoxy groups -OCH3 is 2. The summed E-state index contributed by atoms with van der Waals surface area (Å²) < 4.78 is 21.2. The van der Waals surface area contributed by atoms with Crippen molar-refractivity contribution < 1.29 is 43.2 Å². The number of hydrogen-bond donors (Lipinski definition) is 3. The van der Waals surface area contributed by atoms with Gasteiger partial charge in [0, 0.05) is 92.5 Å². The molecule has 2 saturated carbocycles. The van der Waals surface area contributed by atoms with Gasteiger partial charge in [0.2, 0.25) is 0 Å². The van der Waals surface area contributed by atoms with Gasteiger partial charge in [0.15, 0.2) is 11.5 Å². The van der Waals surface area contributed by atoms with Gasteiger partial charge in [-0.2, -0.15) is 0 Å². The third-order valence-corrected chi connectivity index (χ3v) is 10.5. The molecule has 2 aliphatic carbocycles. The fourth-order valence-corrected chi connectivity index (χ4v) is 7.64. The second kappa shape index (κ2) is 21.7. The van der Waals surface area contributed by atoms with Gasteiger partial charge < -0.3 is 34.9 Å². The van der Waals surface area contributed by atoms with Crippen LogP contribution in [-0.4, -0.2) is 115 Å². The van der Waals surface area contributed by atoms with Crippen molar-refractivity contribution in [2.75, 3.05) is 40.4 Å². The topological polar surface area (TPSA) is 214 Å².